The highest BCUT2D eigenvalue weighted by atomic mass is 35.5. The van der Waals surface area contributed by atoms with E-state index in [4.69, 9.17) is 11.6 Å². The van der Waals surface area contributed by atoms with Crippen molar-refractivity contribution in [2.75, 3.05) is 24.5 Å². The second-order valence-corrected chi connectivity index (χ2v) is 8.94. The molecule has 1 aliphatic carbocycles. The minimum Gasteiger partial charge on any atom is -0.352 e. The molecule has 2 aliphatic rings. The number of hydrogen-bond acceptors (Lipinski definition) is 3. The molecule has 29 heavy (non-hydrogen) atoms. The summed E-state index contributed by atoms with van der Waals surface area (Å²) in [6, 6.07) is 6.84. The van der Waals surface area contributed by atoms with E-state index >= 15 is 0 Å². The van der Waals surface area contributed by atoms with Crippen molar-refractivity contribution in [1.29, 1.82) is 0 Å². The van der Waals surface area contributed by atoms with E-state index in [1.807, 2.05) is 0 Å². The molecule has 0 radical (unpaired) electrons. The summed E-state index contributed by atoms with van der Waals surface area (Å²) in [5.74, 6) is -1.19. The van der Waals surface area contributed by atoms with Crippen LogP contribution in [-0.2, 0) is 0 Å². The van der Waals surface area contributed by atoms with Gasteiger partial charge < -0.3 is 10.2 Å². The first-order valence-corrected chi connectivity index (χ1v) is 10.7. The van der Waals surface area contributed by atoms with Gasteiger partial charge in [0.05, 0.1) is 22.6 Å². The number of alkyl halides is 2. The van der Waals surface area contributed by atoms with Gasteiger partial charge in [0.15, 0.2) is 0 Å². The van der Waals surface area contributed by atoms with Gasteiger partial charge in [-0.15, -0.1) is 0 Å². The topological polar surface area (TPSA) is 45.2 Å². The molecule has 1 aromatic carbocycles. The monoisotopic (exact) mass is 421 g/mol. The first kappa shape index (κ1) is 20.3. The number of carbonyl (C=O) groups is 1. The molecule has 0 bridgehead atoms. The highest BCUT2D eigenvalue weighted by Gasteiger charge is 2.38. The van der Waals surface area contributed by atoms with Crippen LogP contribution < -0.4 is 10.2 Å². The molecule has 2 aromatic rings. The van der Waals surface area contributed by atoms with Crippen molar-refractivity contribution in [1.82, 2.24) is 10.3 Å². The number of fused-ring (bicyclic) bond motifs is 1. The van der Waals surface area contributed by atoms with Gasteiger partial charge in [-0.2, -0.15) is 0 Å². The molecule has 2 unspecified atom stereocenters. The number of nitrogens with one attached hydrogen (secondary N) is 1. The second kappa shape index (κ2) is 8.05. The first-order chi connectivity index (χ1) is 13.8. The third-order valence-corrected chi connectivity index (χ3v) is 6.44. The molecular weight excluding hydrogens is 396 g/mol. The molecule has 1 amide bonds. The summed E-state index contributed by atoms with van der Waals surface area (Å²) in [4.78, 5) is 19.0. The fourth-order valence-electron chi connectivity index (χ4n) is 4.58. The lowest BCUT2D eigenvalue weighted by Crippen LogP contribution is -2.31. The standard InChI is InChI=1S/C22H26ClF2N3O/c1-14-3-2-4-15(11-14)12-26-21(29)20-16-5-8-19(27-18(16)7-6-17(20)23)28-10-9-22(24,25)13-28/h5-8,14-15H,2-4,9-13H2,1H3,(H,26,29). The summed E-state index contributed by atoms with van der Waals surface area (Å²) >= 11 is 6.35. The minimum atomic E-state index is -2.68. The number of pyridine rings is 1. The van der Waals surface area contributed by atoms with E-state index in [0.717, 1.165) is 12.8 Å². The maximum Gasteiger partial charge on any atom is 0.266 e. The van der Waals surface area contributed by atoms with Crippen LogP contribution in [0.15, 0.2) is 24.3 Å². The van der Waals surface area contributed by atoms with Crippen LogP contribution >= 0.6 is 11.6 Å². The Kier molecular flexibility index (Phi) is 5.65. The van der Waals surface area contributed by atoms with Gasteiger partial charge in [-0.05, 0) is 48.9 Å². The average molecular weight is 422 g/mol. The van der Waals surface area contributed by atoms with E-state index in [-0.39, 0.29) is 25.4 Å². The minimum absolute atomic E-state index is 0.166. The summed E-state index contributed by atoms with van der Waals surface area (Å²) in [5.41, 5.74) is 0.984. The van der Waals surface area contributed by atoms with Crippen molar-refractivity contribution in [2.45, 2.75) is 45.0 Å². The molecule has 4 rings (SSSR count). The predicted octanol–water partition coefficient (Wildman–Crippen LogP) is 5.29. The quantitative estimate of drug-likeness (QED) is 0.729. The number of benzene rings is 1. The third kappa shape index (κ3) is 4.47. The van der Waals surface area contributed by atoms with Crippen LogP contribution in [0.1, 0.15) is 49.4 Å². The highest BCUT2D eigenvalue weighted by molar-refractivity contribution is 6.35. The number of halogens is 3. The van der Waals surface area contributed by atoms with Crippen LogP contribution in [0, 0.1) is 11.8 Å². The SMILES string of the molecule is CC1CCCC(CNC(=O)c2c(Cl)ccc3nc(N4CCC(F)(F)C4)ccc23)C1. The zero-order valence-corrected chi connectivity index (χ0v) is 17.3. The van der Waals surface area contributed by atoms with Crippen molar-refractivity contribution >= 4 is 34.2 Å². The summed E-state index contributed by atoms with van der Waals surface area (Å²) in [5, 5.41) is 4.05. The summed E-state index contributed by atoms with van der Waals surface area (Å²) in [6.07, 6.45) is 4.57. The normalized spacial score (nSPS) is 24.1. The van der Waals surface area contributed by atoms with Gasteiger partial charge in [-0.25, -0.2) is 13.8 Å². The molecule has 4 nitrogen and oxygen atoms in total. The molecule has 2 atom stereocenters. The second-order valence-electron chi connectivity index (χ2n) is 8.53. The van der Waals surface area contributed by atoms with E-state index in [1.54, 1.807) is 29.2 Å². The molecular formula is C22H26ClF2N3O. The van der Waals surface area contributed by atoms with Crippen LogP contribution in [-0.4, -0.2) is 36.4 Å². The number of nitrogens with zero attached hydrogens (tertiary/aromatic N) is 2. The van der Waals surface area contributed by atoms with Crippen molar-refractivity contribution in [3.63, 3.8) is 0 Å². The summed E-state index contributed by atoms with van der Waals surface area (Å²) < 4.78 is 27.1. The molecule has 1 aromatic heterocycles. The number of aromatic nitrogens is 1. The lowest BCUT2D eigenvalue weighted by atomic mass is 9.82. The van der Waals surface area contributed by atoms with Crippen LogP contribution in [0.25, 0.3) is 10.9 Å². The number of carbonyl (C=O) groups excluding carboxylic acids is 1. The Morgan fingerprint density at radius 1 is 1.31 bits per heavy atom. The zero-order chi connectivity index (χ0) is 20.6. The van der Waals surface area contributed by atoms with Gasteiger partial charge in [0.25, 0.3) is 11.8 Å². The smallest absolute Gasteiger partial charge is 0.266 e. The van der Waals surface area contributed by atoms with Crippen LogP contribution in [0.5, 0.6) is 0 Å². The van der Waals surface area contributed by atoms with Gasteiger partial charge in [-0.1, -0.05) is 31.4 Å². The van der Waals surface area contributed by atoms with Gasteiger partial charge in [0, 0.05) is 24.9 Å². The maximum absolute atomic E-state index is 13.5. The summed E-state index contributed by atoms with van der Waals surface area (Å²) in [6.45, 7) is 2.85. The Morgan fingerprint density at radius 3 is 2.86 bits per heavy atom. The van der Waals surface area contributed by atoms with Crippen LogP contribution in [0.3, 0.4) is 0 Å². The van der Waals surface area contributed by atoms with E-state index in [0.29, 0.717) is 45.7 Å². The highest BCUT2D eigenvalue weighted by Crippen LogP contribution is 2.33. The molecule has 156 valence electrons. The fourth-order valence-corrected chi connectivity index (χ4v) is 4.83. The number of amides is 1. The van der Waals surface area contributed by atoms with E-state index in [2.05, 4.69) is 17.2 Å². The first-order valence-electron chi connectivity index (χ1n) is 10.3. The third-order valence-electron chi connectivity index (χ3n) is 6.12. The number of hydrogen-bond donors (Lipinski definition) is 1. The van der Waals surface area contributed by atoms with Crippen molar-refractivity contribution in [2.24, 2.45) is 11.8 Å². The van der Waals surface area contributed by atoms with E-state index in [1.165, 1.54) is 12.8 Å². The Balaban J connectivity index is 1.54. The molecule has 1 aliphatic heterocycles. The summed E-state index contributed by atoms with van der Waals surface area (Å²) in [7, 11) is 0. The molecule has 0 spiro atoms. The van der Waals surface area contributed by atoms with E-state index in [9.17, 15) is 13.6 Å². The van der Waals surface area contributed by atoms with Crippen molar-refractivity contribution < 1.29 is 13.6 Å². The van der Waals surface area contributed by atoms with Gasteiger partial charge in [-0.3, -0.25) is 4.79 Å². The van der Waals surface area contributed by atoms with Gasteiger partial charge in [0.1, 0.15) is 5.82 Å². The zero-order valence-electron chi connectivity index (χ0n) is 16.6. The number of rotatable bonds is 4. The number of anilines is 1. The average Bonchev–Trinajstić information content (AvgIpc) is 3.05. The van der Waals surface area contributed by atoms with Crippen LogP contribution in [0.2, 0.25) is 5.02 Å². The molecule has 7 heteroatoms. The molecule has 2 heterocycles. The Bertz CT molecular complexity index is 920. The Hall–Kier alpha value is -1.95. The Labute approximate surface area is 174 Å². The van der Waals surface area contributed by atoms with Gasteiger partial charge in [0.2, 0.25) is 0 Å². The molecule has 1 saturated carbocycles. The van der Waals surface area contributed by atoms with Crippen molar-refractivity contribution in [3.05, 3.63) is 34.9 Å². The predicted molar refractivity (Wildman–Crippen MR) is 112 cm³/mol. The lowest BCUT2D eigenvalue weighted by Gasteiger charge is -2.26. The van der Waals surface area contributed by atoms with Gasteiger partial charge >= 0.3 is 0 Å². The lowest BCUT2D eigenvalue weighted by molar-refractivity contribution is 0.0256. The molecule has 1 saturated heterocycles. The largest absolute Gasteiger partial charge is 0.352 e. The molecule has 1 N–H and O–H groups in total. The fraction of sp³-hybridized carbons (Fsp3) is 0.545. The molecule has 2 fully saturated rings. The maximum atomic E-state index is 13.5. The van der Waals surface area contributed by atoms with E-state index < -0.39 is 5.92 Å². The Morgan fingerprint density at radius 2 is 2.14 bits per heavy atom. The van der Waals surface area contributed by atoms with Crippen molar-refractivity contribution in [3.8, 4) is 0 Å². The van der Waals surface area contributed by atoms with Crippen LogP contribution in [0.4, 0.5) is 14.6 Å².